The van der Waals surface area contributed by atoms with E-state index in [2.05, 4.69) is 5.32 Å². The number of carbonyl (C=O) groups excluding carboxylic acids is 1. The van der Waals surface area contributed by atoms with Gasteiger partial charge in [-0.25, -0.2) is 9.59 Å². The van der Waals surface area contributed by atoms with Gasteiger partial charge in [-0.15, -0.1) is 0 Å². The van der Waals surface area contributed by atoms with Crippen molar-refractivity contribution < 1.29 is 29.6 Å². The molecular weight excluding hydrogens is 268 g/mol. The Bertz CT molecular complexity index is 329. The number of rotatable bonds is 6. The topological polar surface area (TPSA) is 119 Å². The number of ether oxygens (including phenoxy) is 1. The van der Waals surface area contributed by atoms with Gasteiger partial charge in [0.05, 0.1) is 0 Å². The molecule has 0 saturated heterocycles. The van der Waals surface area contributed by atoms with Gasteiger partial charge in [-0.2, -0.15) is 0 Å². The molecule has 0 radical (unpaired) electrons. The van der Waals surface area contributed by atoms with Crippen LogP contribution in [-0.2, 0) is 9.53 Å². The summed E-state index contributed by atoms with van der Waals surface area (Å²) in [5.74, 6) is -1.29. The summed E-state index contributed by atoms with van der Waals surface area (Å²) in [5.41, 5.74) is -0.749. The minimum atomic E-state index is -1.31. The first-order valence-electron chi connectivity index (χ1n) is 6.28. The highest BCUT2D eigenvalue weighted by molar-refractivity contribution is 5.80. The molecule has 0 spiro atoms. The monoisotopic (exact) mass is 292 g/mol. The van der Waals surface area contributed by atoms with Crippen molar-refractivity contribution in [1.29, 1.82) is 0 Å². The van der Waals surface area contributed by atoms with Crippen LogP contribution in [0.2, 0.25) is 0 Å². The van der Waals surface area contributed by atoms with Crippen molar-refractivity contribution in [2.75, 3.05) is 6.54 Å². The van der Waals surface area contributed by atoms with E-state index in [4.69, 9.17) is 9.84 Å². The number of carboxylic acids is 1. The number of alkyl carbamates (subject to hydrolysis) is 1. The van der Waals surface area contributed by atoms with E-state index >= 15 is 0 Å². The molecule has 0 heterocycles. The molecule has 0 aromatic heterocycles. The fraction of sp³-hybridized carbons (Fsp3) is 0.833. The van der Waals surface area contributed by atoms with Crippen molar-refractivity contribution in [2.24, 2.45) is 0 Å². The molecule has 20 heavy (non-hydrogen) atoms. The van der Waals surface area contributed by atoms with Crippen LogP contribution in [0.15, 0.2) is 0 Å². The molecule has 0 aromatic rings. The van der Waals surface area contributed by atoms with Crippen molar-refractivity contribution in [1.82, 2.24) is 10.2 Å². The maximum atomic E-state index is 11.6. The number of aliphatic hydroxyl groups is 2. The summed E-state index contributed by atoms with van der Waals surface area (Å²) in [6.45, 7) is 7.48. The van der Waals surface area contributed by atoms with Crippen molar-refractivity contribution in [3.63, 3.8) is 0 Å². The normalized spacial score (nSPS) is 16.4. The van der Waals surface area contributed by atoms with Crippen LogP contribution in [0.1, 0.15) is 34.6 Å². The summed E-state index contributed by atoms with van der Waals surface area (Å²) >= 11 is 0. The average molecular weight is 292 g/mol. The Kier molecular flexibility index (Phi) is 6.90. The molecule has 8 nitrogen and oxygen atoms in total. The Balaban J connectivity index is 4.74. The van der Waals surface area contributed by atoms with Crippen LogP contribution in [-0.4, -0.2) is 62.9 Å². The first-order valence-corrected chi connectivity index (χ1v) is 6.28. The first-order chi connectivity index (χ1) is 8.94. The second kappa shape index (κ2) is 7.41. The Morgan fingerprint density at radius 1 is 1.20 bits per heavy atom. The number of carboxylic acid groups (broad SMARTS) is 1. The highest BCUT2D eigenvalue weighted by atomic mass is 16.6. The van der Waals surface area contributed by atoms with Crippen LogP contribution in [0.4, 0.5) is 4.79 Å². The van der Waals surface area contributed by atoms with Gasteiger partial charge in [0.15, 0.2) is 0 Å². The van der Waals surface area contributed by atoms with E-state index in [0.717, 1.165) is 4.90 Å². The summed E-state index contributed by atoms with van der Waals surface area (Å²) < 4.78 is 4.96. The molecule has 118 valence electrons. The Hall–Kier alpha value is -1.38. The SMILES string of the molecule is CC(O)N(CC(NC(=O)OC(C)(C)C)C(=O)O)[C@@H](C)O. The van der Waals surface area contributed by atoms with E-state index in [9.17, 15) is 19.8 Å². The van der Waals surface area contributed by atoms with Gasteiger partial charge in [-0.1, -0.05) is 0 Å². The Morgan fingerprint density at radius 3 is 1.95 bits per heavy atom. The number of nitrogens with one attached hydrogen (secondary N) is 1. The molecule has 0 aliphatic heterocycles. The number of hydrogen-bond acceptors (Lipinski definition) is 6. The van der Waals surface area contributed by atoms with Gasteiger partial charge < -0.3 is 25.4 Å². The van der Waals surface area contributed by atoms with E-state index in [0.29, 0.717) is 0 Å². The number of nitrogens with zero attached hydrogens (tertiary/aromatic N) is 1. The van der Waals surface area contributed by atoms with E-state index < -0.39 is 36.2 Å². The zero-order valence-electron chi connectivity index (χ0n) is 12.5. The second-order valence-electron chi connectivity index (χ2n) is 5.50. The predicted octanol–water partition coefficient (Wildman–Crippen LogP) is -0.0571. The number of aliphatic hydroxyl groups excluding tert-OH is 2. The Labute approximate surface area is 118 Å². The number of aliphatic carboxylic acids is 1. The van der Waals surface area contributed by atoms with E-state index in [1.165, 1.54) is 13.8 Å². The van der Waals surface area contributed by atoms with Crippen LogP contribution in [0.3, 0.4) is 0 Å². The van der Waals surface area contributed by atoms with E-state index in [1.807, 2.05) is 0 Å². The molecule has 3 atom stereocenters. The van der Waals surface area contributed by atoms with Crippen LogP contribution >= 0.6 is 0 Å². The van der Waals surface area contributed by atoms with Gasteiger partial charge in [-0.05, 0) is 34.6 Å². The minimum Gasteiger partial charge on any atom is -0.480 e. The smallest absolute Gasteiger partial charge is 0.408 e. The summed E-state index contributed by atoms with van der Waals surface area (Å²) in [4.78, 5) is 23.8. The molecule has 0 saturated carbocycles. The van der Waals surface area contributed by atoms with Crippen LogP contribution < -0.4 is 5.32 Å². The first kappa shape index (κ1) is 18.6. The van der Waals surface area contributed by atoms with E-state index in [-0.39, 0.29) is 6.54 Å². The highest BCUT2D eigenvalue weighted by Crippen LogP contribution is 2.08. The maximum Gasteiger partial charge on any atom is 0.408 e. The lowest BCUT2D eigenvalue weighted by molar-refractivity contribution is -0.143. The summed E-state index contributed by atoms with van der Waals surface area (Å²) in [7, 11) is 0. The third-order valence-electron chi connectivity index (χ3n) is 2.34. The zero-order chi connectivity index (χ0) is 16.1. The molecule has 8 heteroatoms. The lowest BCUT2D eigenvalue weighted by atomic mass is 10.2. The number of carbonyl (C=O) groups is 2. The van der Waals surface area contributed by atoms with Crippen molar-refractivity contribution in [3.05, 3.63) is 0 Å². The number of amides is 1. The predicted molar refractivity (Wildman–Crippen MR) is 70.9 cm³/mol. The lowest BCUT2D eigenvalue weighted by Gasteiger charge is -2.31. The highest BCUT2D eigenvalue weighted by Gasteiger charge is 2.28. The van der Waals surface area contributed by atoms with Crippen molar-refractivity contribution >= 4 is 12.1 Å². The molecule has 0 bridgehead atoms. The summed E-state index contributed by atoms with van der Waals surface area (Å²) in [5, 5.41) is 30.2. The van der Waals surface area contributed by atoms with Gasteiger partial charge in [0.2, 0.25) is 0 Å². The summed E-state index contributed by atoms with van der Waals surface area (Å²) in [6.07, 6.45) is -2.99. The van der Waals surface area contributed by atoms with Gasteiger partial charge in [0.25, 0.3) is 0 Å². The van der Waals surface area contributed by atoms with Crippen LogP contribution in [0, 0.1) is 0 Å². The molecular formula is C12H24N2O6. The second-order valence-corrected chi connectivity index (χ2v) is 5.50. The van der Waals surface area contributed by atoms with E-state index in [1.54, 1.807) is 20.8 Å². The molecule has 0 fully saturated rings. The maximum absolute atomic E-state index is 11.6. The largest absolute Gasteiger partial charge is 0.480 e. The van der Waals surface area contributed by atoms with Gasteiger partial charge in [0, 0.05) is 6.54 Å². The van der Waals surface area contributed by atoms with Crippen molar-refractivity contribution in [3.8, 4) is 0 Å². The third-order valence-corrected chi connectivity index (χ3v) is 2.34. The van der Waals surface area contributed by atoms with Gasteiger partial charge in [0.1, 0.15) is 24.1 Å². The molecule has 0 rings (SSSR count). The average Bonchev–Trinajstić information content (AvgIpc) is 2.19. The fourth-order valence-electron chi connectivity index (χ4n) is 1.46. The molecule has 0 aliphatic carbocycles. The molecule has 0 aromatic carbocycles. The van der Waals surface area contributed by atoms with Crippen LogP contribution in [0.25, 0.3) is 0 Å². The quantitative estimate of drug-likeness (QED) is 0.506. The lowest BCUT2D eigenvalue weighted by Crippen LogP contribution is -2.53. The van der Waals surface area contributed by atoms with Gasteiger partial charge in [-0.3, -0.25) is 4.90 Å². The number of hydrogen-bond donors (Lipinski definition) is 4. The molecule has 2 unspecified atom stereocenters. The van der Waals surface area contributed by atoms with Crippen molar-refractivity contribution in [2.45, 2.75) is 58.7 Å². The minimum absolute atomic E-state index is 0.260. The van der Waals surface area contributed by atoms with Gasteiger partial charge >= 0.3 is 12.1 Å². The molecule has 0 aliphatic rings. The summed E-state index contributed by atoms with van der Waals surface area (Å²) in [6, 6.07) is -1.31. The zero-order valence-corrected chi connectivity index (χ0v) is 12.5. The van der Waals surface area contributed by atoms with Crippen LogP contribution in [0.5, 0.6) is 0 Å². The third kappa shape index (κ3) is 7.27. The fourth-order valence-corrected chi connectivity index (χ4v) is 1.46. The Morgan fingerprint density at radius 2 is 1.65 bits per heavy atom. The molecule has 1 amide bonds. The molecule has 4 N–H and O–H groups in total. The standard InChI is InChI=1S/C12H24N2O6/c1-7(15)14(8(2)16)6-9(10(17)18)13-11(19)20-12(3,4)5/h7-9,15-16H,6H2,1-5H3,(H,13,19)(H,17,18)/t7-,8?,9?/m1/s1.